The summed E-state index contributed by atoms with van der Waals surface area (Å²) in [5, 5.41) is 5.30. The van der Waals surface area contributed by atoms with Gasteiger partial charge in [-0.3, -0.25) is 4.79 Å². The van der Waals surface area contributed by atoms with Crippen molar-refractivity contribution in [2.45, 2.75) is 39.6 Å². The van der Waals surface area contributed by atoms with E-state index in [1.54, 1.807) is 4.90 Å². The number of nitrogens with zero attached hydrogens (tertiary/aromatic N) is 1. The number of carbonyl (C=O) groups excluding carboxylic acids is 2. The second kappa shape index (κ2) is 7.43. The molecular formula is C17H22F3N3O3. The number of anilines is 1. The number of amides is 3. The van der Waals surface area contributed by atoms with E-state index < -0.39 is 17.8 Å². The van der Waals surface area contributed by atoms with Gasteiger partial charge in [0.15, 0.2) is 0 Å². The van der Waals surface area contributed by atoms with Crippen LogP contribution in [0.1, 0.15) is 27.2 Å². The number of hydrogen-bond acceptors (Lipinski definition) is 3. The van der Waals surface area contributed by atoms with Gasteiger partial charge in [-0.25, -0.2) is 4.79 Å². The van der Waals surface area contributed by atoms with Gasteiger partial charge in [-0.05, 0) is 30.7 Å². The molecule has 1 aliphatic heterocycles. The first-order valence-corrected chi connectivity index (χ1v) is 8.17. The topological polar surface area (TPSA) is 70.7 Å². The molecule has 1 heterocycles. The predicted octanol–water partition coefficient (Wildman–Crippen LogP) is 3.35. The summed E-state index contributed by atoms with van der Waals surface area (Å²) in [4.78, 5) is 26.0. The fraction of sp³-hybridized carbons (Fsp3) is 0.529. The van der Waals surface area contributed by atoms with Gasteiger partial charge in [0, 0.05) is 30.2 Å². The number of hydrogen-bond donors (Lipinski definition) is 2. The summed E-state index contributed by atoms with van der Waals surface area (Å²) in [6.07, 6.45) is -4.11. The van der Waals surface area contributed by atoms with E-state index in [0.717, 1.165) is 12.1 Å². The van der Waals surface area contributed by atoms with Crippen LogP contribution in [-0.4, -0.2) is 42.3 Å². The summed E-state index contributed by atoms with van der Waals surface area (Å²) in [6, 6.07) is 4.19. The Labute approximate surface area is 149 Å². The molecule has 0 aliphatic carbocycles. The van der Waals surface area contributed by atoms with Gasteiger partial charge in [-0.2, -0.15) is 0 Å². The maximum atomic E-state index is 12.2. The molecule has 2 N–H and O–H groups in total. The van der Waals surface area contributed by atoms with Crippen LogP contribution in [0, 0.1) is 5.41 Å². The molecule has 1 aromatic carbocycles. The molecule has 1 aliphatic rings. The van der Waals surface area contributed by atoms with Crippen LogP contribution in [0.2, 0.25) is 0 Å². The molecule has 2 rings (SSSR count). The lowest BCUT2D eigenvalue weighted by molar-refractivity contribution is -0.274. The van der Waals surface area contributed by atoms with Crippen molar-refractivity contribution >= 4 is 17.6 Å². The molecule has 0 aromatic heterocycles. The van der Waals surface area contributed by atoms with Crippen molar-refractivity contribution in [3.05, 3.63) is 24.3 Å². The smallest absolute Gasteiger partial charge is 0.406 e. The van der Waals surface area contributed by atoms with Crippen molar-refractivity contribution in [1.29, 1.82) is 0 Å². The second-order valence-corrected chi connectivity index (χ2v) is 7.16. The summed E-state index contributed by atoms with van der Waals surface area (Å²) in [7, 11) is 0. The van der Waals surface area contributed by atoms with Crippen LogP contribution in [0.5, 0.6) is 5.75 Å². The number of likely N-dealkylation sites (tertiary alicyclic amines) is 1. The van der Waals surface area contributed by atoms with Crippen LogP contribution in [0.3, 0.4) is 0 Å². The normalized spacial score (nSPS) is 17.8. The number of benzene rings is 1. The first-order chi connectivity index (χ1) is 11.9. The molecule has 0 radical (unpaired) electrons. The van der Waals surface area contributed by atoms with E-state index >= 15 is 0 Å². The van der Waals surface area contributed by atoms with Gasteiger partial charge in [0.05, 0.1) is 0 Å². The van der Waals surface area contributed by atoms with Crippen LogP contribution in [-0.2, 0) is 4.79 Å². The summed E-state index contributed by atoms with van der Waals surface area (Å²) in [5.74, 6) is -0.335. The molecule has 6 nitrogen and oxygen atoms in total. The molecule has 0 spiro atoms. The molecular weight excluding hydrogens is 351 g/mol. The van der Waals surface area contributed by atoms with E-state index in [0.29, 0.717) is 25.2 Å². The highest BCUT2D eigenvalue weighted by Gasteiger charge is 2.33. The van der Waals surface area contributed by atoms with E-state index in [4.69, 9.17) is 0 Å². The Morgan fingerprint density at radius 3 is 2.31 bits per heavy atom. The third kappa shape index (κ3) is 5.82. The van der Waals surface area contributed by atoms with E-state index in [2.05, 4.69) is 15.4 Å². The zero-order chi connectivity index (χ0) is 19.5. The van der Waals surface area contributed by atoms with Gasteiger partial charge >= 0.3 is 12.4 Å². The monoisotopic (exact) mass is 373 g/mol. The van der Waals surface area contributed by atoms with Crippen LogP contribution >= 0.6 is 0 Å². The highest BCUT2D eigenvalue weighted by Crippen LogP contribution is 2.24. The standard InChI is InChI=1S/C17H22F3N3O3/c1-16(2,3)14(24)23-9-8-12(10-23)22-15(25)21-11-4-6-13(7-5-11)26-17(18,19)20/h4-7,12H,8-10H2,1-3H3,(H2,21,22,25). The highest BCUT2D eigenvalue weighted by atomic mass is 19.4. The minimum atomic E-state index is -4.76. The van der Waals surface area contributed by atoms with Gasteiger partial charge < -0.3 is 20.3 Å². The second-order valence-electron chi connectivity index (χ2n) is 7.16. The van der Waals surface area contributed by atoms with Crippen LogP contribution in [0.4, 0.5) is 23.7 Å². The molecule has 1 aromatic rings. The molecule has 1 unspecified atom stereocenters. The lowest BCUT2D eigenvalue weighted by Crippen LogP contribution is -2.43. The van der Waals surface area contributed by atoms with Crippen LogP contribution in [0.15, 0.2) is 24.3 Å². The van der Waals surface area contributed by atoms with E-state index in [1.165, 1.54) is 12.1 Å². The van der Waals surface area contributed by atoms with Gasteiger partial charge in [0.2, 0.25) is 5.91 Å². The third-order valence-electron chi connectivity index (χ3n) is 3.80. The number of carbonyl (C=O) groups is 2. The lowest BCUT2D eigenvalue weighted by atomic mass is 9.95. The van der Waals surface area contributed by atoms with Crippen molar-refractivity contribution in [3.63, 3.8) is 0 Å². The Morgan fingerprint density at radius 1 is 1.15 bits per heavy atom. The van der Waals surface area contributed by atoms with Gasteiger partial charge in [-0.1, -0.05) is 20.8 Å². The average Bonchev–Trinajstić information content (AvgIpc) is 2.94. The first kappa shape index (κ1) is 19.9. The number of ether oxygens (including phenoxy) is 1. The fourth-order valence-electron chi connectivity index (χ4n) is 2.63. The van der Waals surface area contributed by atoms with E-state index in [1.807, 2.05) is 20.8 Å². The SMILES string of the molecule is CC(C)(C)C(=O)N1CCC(NC(=O)Nc2ccc(OC(F)(F)F)cc2)C1. The highest BCUT2D eigenvalue weighted by molar-refractivity contribution is 5.89. The molecule has 0 saturated carbocycles. The van der Waals surface area contributed by atoms with Gasteiger partial charge in [-0.15, -0.1) is 13.2 Å². The zero-order valence-corrected chi connectivity index (χ0v) is 14.8. The average molecular weight is 373 g/mol. The minimum Gasteiger partial charge on any atom is -0.406 e. The summed E-state index contributed by atoms with van der Waals surface area (Å²) < 4.78 is 40.1. The van der Waals surface area contributed by atoms with Gasteiger partial charge in [0.25, 0.3) is 0 Å². The molecule has 9 heteroatoms. The van der Waals surface area contributed by atoms with Crippen molar-refractivity contribution in [3.8, 4) is 5.75 Å². The molecule has 144 valence electrons. The maximum absolute atomic E-state index is 12.2. The van der Waals surface area contributed by atoms with Crippen molar-refractivity contribution in [2.75, 3.05) is 18.4 Å². The minimum absolute atomic E-state index is 0.0301. The first-order valence-electron chi connectivity index (χ1n) is 8.17. The number of rotatable bonds is 3. The number of nitrogens with one attached hydrogen (secondary N) is 2. The third-order valence-corrected chi connectivity index (χ3v) is 3.80. The quantitative estimate of drug-likeness (QED) is 0.854. The van der Waals surface area contributed by atoms with Gasteiger partial charge in [0.1, 0.15) is 5.75 Å². The molecule has 3 amide bonds. The molecule has 0 bridgehead atoms. The van der Waals surface area contributed by atoms with Crippen molar-refractivity contribution in [2.24, 2.45) is 5.41 Å². The zero-order valence-electron chi connectivity index (χ0n) is 14.8. The van der Waals surface area contributed by atoms with E-state index in [-0.39, 0.29) is 17.7 Å². The van der Waals surface area contributed by atoms with Crippen molar-refractivity contribution < 1.29 is 27.5 Å². The maximum Gasteiger partial charge on any atom is 0.573 e. The Hall–Kier alpha value is -2.45. The fourth-order valence-corrected chi connectivity index (χ4v) is 2.63. The molecule has 1 saturated heterocycles. The number of alkyl halides is 3. The molecule has 1 atom stereocenters. The molecule has 1 fully saturated rings. The Kier molecular flexibility index (Phi) is 5.68. The Morgan fingerprint density at radius 2 is 1.77 bits per heavy atom. The van der Waals surface area contributed by atoms with Crippen LogP contribution < -0.4 is 15.4 Å². The van der Waals surface area contributed by atoms with Crippen LogP contribution in [0.25, 0.3) is 0 Å². The Bertz CT molecular complexity index is 654. The Balaban J connectivity index is 1.83. The van der Waals surface area contributed by atoms with Crippen molar-refractivity contribution in [1.82, 2.24) is 10.2 Å². The number of halogens is 3. The lowest BCUT2D eigenvalue weighted by Gasteiger charge is -2.25. The van der Waals surface area contributed by atoms with E-state index in [9.17, 15) is 22.8 Å². The number of urea groups is 1. The summed E-state index contributed by atoms with van der Waals surface area (Å²) in [5.41, 5.74) is -0.144. The summed E-state index contributed by atoms with van der Waals surface area (Å²) >= 11 is 0. The predicted molar refractivity (Wildman–Crippen MR) is 89.7 cm³/mol. The molecule has 26 heavy (non-hydrogen) atoms. The summed E-state index contributed by atoms with van der Waals surface area (Å²) in [6.45, 7) is 6.53. The largest absolute Gasteiger partial charge is 0.573 e.